The fourth-order valence-corrected chi connectivity index (χ4v) is 5.41. The smallest absolute Gasteiger partial charge is 0.178 e. The molecule has 6 aromatic rings. The Morgan fingerprint density at radius 2 is 1.80 bits per heavy atom. The van der Waals surface area contributed by atoms with Crippen LogP contribution in [0.15, 0.2) is 61.1 Å². The van der Waals surface area contributed by atoms with Crippen molar-refractivity contribution in [3.05, 3.63) is 78.3 Å². The van der Waals surface area contributed by atoms with Gasteiger partial charge in [0.2, 0.25) is 0 Å². The molecule has 0 aliphatic heterocycles. The maximum absolute atomic E-state index is 16.1. The Morgan fingerprint density at radius 3 is 2.59 bits per heavy atom. The number of benzene rings is 2. The summed E-state index contributed by atoms with van der Waals surface area (Å²) in [5, 5.41) is 7.48. The highest BCUT2D eigenvalue weighted by molar-refractivity contribution is 7.90. The van der Waals surface area contributed by atoms with Gasteiger partial charge < -0.3 is 9.88 Å². The Morgan fingerprint density at radius 1 is 0.976 bits per heavy atom. The molecule has 2 aromatic carbocycles. The van der Waals surface area contributed by atoms with Gasteiger partial charge in [-0.1, -0.05) is 6.07 Å². The van der Waals surface area contributed by atoms with Crippen molar-refractivity contribution >= 4 is 37.6 Å². The molecule has 2 N–H and O–H groups in total. The highest BCUT2D eigenvalue weighted by atomic mass is 32.2. The zero-order valence-corrected chi connectivity index (χ0v) is 23.2. The van der Waals surface area contributed by atoms with E-state index in [-0.39, 0.29) is 29.1 Å². The molecule has 0 saturated heterocycles. The summed E-state index contributed by atoms with van der Waals surface area (Å²) >= 11 is 0. The van der Waals surface area contributed by atoms with Crippen LogP contribution in [0.25, 0.3) is 55.8 Å². The summed E-state index contributed by atoms with van der Waals surface area (Å²) in [6.45, 7) is 0. The molecule has 0 bridgehead atoms. The van der Waals surface area contributed by atoms with E-state index in [2.05, 4.69) is 30.1 Å². The average molecular weight is 574 g/mol. The largest absolute Gasteiger partial charge is 0.376 e. The van der Waals surface area contributed by atoms with E-state index in [1.54, 1.807) is 42.9 Å². The number of aromatic nitrogens is 6. The van der Waals surface area contributed by atoms with E-state index in [9.17, 15) is 12.8 Å². The fraction of sp³-hybridized carbons (Fsp3) is 0.172. The first kappa shape index (κ1) is 26.5. The molecule has 41 heavy (non-hydrogen) atoms. The molecule has 0 saturated carbocycles. The highest BCUT2D eigenvalue weighted by Gasteiger charge is 2.21. The predicted octanol–water partition coefficient (Wildman–Crippen LogP) is 5.16. The van der Waals surface area contributed by atoms with Crippen molar-refractivity contribution in [2.24, 2.45) is 0 Å². The van der Waals surface area contributed by atoms with Gasteiger partial charge in [0.15, 0.2) is 11.5 Å². The summed E-state index contributed by atoms with van der Waals surface area (Å²) in [6.07, 6.45) is 6.19. The lowest BCUT2D eigenvalue weighted by Crippen LogP contribution is -2.08. The minimum atomic E-state index is -3.21. The van der Waals surface area contributed by atoms with E-state index in [0.717, 1.165) is 11.9 Å². The van der Waals surface area contributed by atoms with Crippen molar-refractivity contribution in [1.82, 2.24) is 30.1 Å². The van der Waals surface area contributed by atoms with Crippen LogP contribution in [0.2, 0.25) is 0 Å². The van der Waals surface area contributed by atoms with Crippen LogP contribution in [-0.2, 0) is 16.3 Å². The van der Waals surface area contributed by atoms with Crippen LogP contribution in [0.1, 0.15) is 5.56 Å². The van der Waals surface area contributed by atoms with Crippen LogP contribution in [-0.4, -0.2) is 64.7 Å². The van der Waals surface area contributed by atoms with Crippen LogP contribution in [0, 0.1) is 11.6 Å². The minimum absolute atomic E-state index is 0.0921. The number of aromatic amines is 2. The number of rotatable bonds is 7. The molecular weight excluding hydrogens is 548 g/mol. The Hall–Kier alpha value is -4.71. The molecule has 208 valence electrons. The molecule has 9 nitrogen and oxygen atoms in total. The summed E-state index contributed by atoms with van der Waals surface area (Å²) in [4.78, 5) is 18.3. The van der Waals surface area contributed by atoms with Gasteiger partial charge in [0, 0.05) is 49.4 Å². The molecular formula is C29H25F2N7O2S. The first-order valence-electron chi connectivity index (χ1n) is 12.7. The van der Waals surface area contributed by atoms with E-state index in [0.29, 0.717) is 44.5 Å². The van der Waals surface area contributed by atoms with Gasteiger partial charge in [-0.05, 0) is 53.9 Å². The van der Waals surface area contributed by atoms with Crippen LogP contribution in [0.5, 0.6) is 0 Å². The molecule has 0 radical (unpaired) electrons. The van der Waals surface area contributed by atoms with E-state index >= 15 is 4.39 Å². The average Bonchev–Trinajstić information content (AvgIpc) is 3.56. The molecule has 4 aromatic heterocycles. The van der Waals surface area contributed by atoms with Crippen molar-refractivity contribution in [2.45, 2.75) is 6.42 Å². The number of hydrogen-bond acceptors (Lipinski definition) is 7. The molecule has 0 atom stereocenters. The lowest BCUT2D eigenvalue weighted by molar-refractivity contribution is 0.600. The van der Waals surface area contributed by atoms with Crippen LogP contribution < -0.4 is 4.90 Å². The number of nitrogens with zero attached hydrogens (tertiary/aromatic N) is 5. The van der Waals surface area contributed by atoms with Gasteiger partial charge in [0.1, 0.15) is 27.2 Å². The van der Waals surface area contributed by atoms with Crippen molar-refractivity contribution in [3.63, 3.8) is 0 Å². The van der Waals surface area contributed by atoms with Crippen molar-refractivity contribution in [2.75, 3.05) is 31.0 Å². The van der Waals surface area contributed by atoms with Crippen LogP contribution in [0.4, 0.5) is 14.5 Å². The third-order valence-corrected chi connectivity index (χ3v) is 7.81. The van der Waals surface area contributed by atoms with Gasteiger partial charge in [-0.3, -0.25) is 10.1 Å². The number of pyridine rings is 2. The van der Waals surface area contributed by atoms with Gasteiger partial charge in [0.05, 0.1) is 34.1 Å². The Kier molecular flexibility index (Phi) is 6.49. The summed E-state index contributed by atoms with van der Waals surface area (Å²) in [7, 11) is 0.563. The van der Waals surface area contributed by atoms with E-state index in [1.165, 1.54) is 12.1 Å². The lowest BCUT2D eigenvalue weighted by atomic mass is 10.0. The zero-order chi connectivity index (χ0) is 28.9. The molecule has 0 aliphatic carbocycles. The molecule has 0 amide bonds. The molecule has 0 aliphatic rings. The number of imidazole rings is 1. The Labute approximate surface area is 234 Å². The van der Waals surface area contributed by atoms with Gasteiger partial charge in [0.25, 0.3) is 0 Å². The number of sulfone groups is 1. The predicted molar refractivity (Wildman–Crippen MR) is 155 cm³/mol. The number of aryl methyl sites for hydroxylation is 1. The van der Waals surface area contributed by atoms with E-state index in [1.807, 2.05) is 25.1 Å². The van der Waals surface area contributed by atoms with E-state index < -0.39 is 21.5 Å². The fourth-order valence-electron chi connectivity index (χ4n) is 4.80. The molecule has 0 fully saturated rings. The second-order valence-corrected chi connectivity index (χ2v) is 12.4. The molecule has 6 rings (SSSR count). The monoisotopic (exact) mass is 573 g/mol. The number of halogens is 2. The third kappa shape index (κ3) is 5.13. The maximum Gasteiger partial charge on any atom is 0.178 e. The first-order chi connectivity index (χ1) is 19.6. The van der Waals surface area contributed by atoms with Crippen LogP contribution >= 0.6 is 0 Å². The van der Waals surface area contributed by atoms with Crippen molar-refractivity contribution in [3.8, 4) is 33.8 Å². The summed E-state index contributed by atoms with van der Waals surface area (Å²) in [6, 6.07) is 11.4. The molecule has 0 spiro atoms. The van der Waals surface area contributed by atoms with Gasteiger partial charge >= 0.3 is 0 Å². The number of fused-ring (bicyclic) bond motifs is 2. The van der Waals surface area contributed by atoms with E-state index in [4.69, 9.17) is 0 Å². The second-order valence-electron chi connectivity index (χ2n) is 10.1. The van der Waals surface area contributed by atoms with Gasteiger partial charge in [-0.15, -0.1) is 0 Å². The SMILES string of the molecule is CN(C)c1cncc(-c2ccc3[nH]nc(-c4nc5nccc(-c6cc(F)cc(CCS(C)(=O)=O)c6)c5[nH]4)c3c2F)c1. The Balaban J connectivity index is 1.45. The normalized spacial score (nSPS) is 11.9. The molecule has 12 heteroatoms. The standard InChI is InChI=1S/C29H25F2N7O2S/c1-38(2)20-13-18(14-32-15-20)21-4-5-23-24(25(21)31)27(37-36-23)29-34-26-22(6-8-33-28(26)35-29)17-10-16(11-19(30)12-17)7-9-41(3,39)40/h4-6,8,10-15H,7,9H2,1-3H3,(H,36,37)(H,33,34,35). The highest BCUT2D eigenvalue weighted by Crippen LogP contribution is 2.36. The second kappa shape index (κ2) is 10.0. The van der Waals surface area contributed by atoms with Gasteiger partial charge in [-0.2, -0.15) is 5.10 Å². The van der Waals surface area contributed by atoms with Gasteiger partial charge in [-0.25, -0.2) is 27.2 Å². The quantitative estimate of drug-likeness (QED) is 0.271. The van der Waals surface area contributed by atoms with Crippen molar-refractivity contribution in [1.29, 1.82) is 0 Å². The third-order valence-electron chi connectivity index (χ3n) is 6.86. The summed E-state index contributed by atoms with van der Waals surface area (Å²) < 4.78 is 53.9. The lowest BCUT2D eigenvalue weighted by Gasteiger charge is -2.13. The first-order valence-corrected chi connectivity index (χ1v) is 14.8. The number of hydrogen-bond donors (Lipinski definition) is 2. The molecule has 4 heterocycles. The van der Waals surface area contributed by atoms with Crippen molar-refractivity contribution < 1.29 is 17.2 Å². The summed E-state index contributed by atoms with van der Waals surface area (Å²) in [5.74, 6) is -0.767. The number of anilines is 1. The van der Waals surface area contributed by atoms with Crippen LogP contribution in [0.3, 0.4) is 0 Å². The number of H-pyrrole nitrogens is 2. The number of nitrogens with one attached hydrogen (secondary N) is 2. The maximum atomic E-state index is 16.1. The minimum Gasteiger partial charge on any atom is -0.376 e. The topological polar surface area (TPSA) is 121 Å². The Bertz CT molecular complexity index is 2050. The molecule has 0 unspecified atom stereocenters. The zero-order valence-electron chi connectivity index (χ0n) is 22.4. The summed E-state index contributed by atoms with van der Waals surface area (Å²) in [5.41, 5.74) is 5.14.